The molecule has 20 heavy (non-hydrogen) atoms. The van der Waals surface area contributed by atoms with Crippen LogP contribution in [0.2, 0.25) is 5.02 Å². The van der Waals surface area contributed by atoms with Gasteiger partial charge in [-0.15, -0.1) is 0 Å². The number of rotatable bonds is 5. The first-order chi connectivity index (χ1) is 9.65. The summed E-state index contributed by atoms with van der Waals surface area (Å²) in [5, 5.41) is 0.710. The van der Waals surface area contributed by atoms with Gasteiger partial charge in [0.05, 0.1) is 7.11 Å². The van der Waals surface area contributed by atoms with Crippen LogP contribution >= 0.6 is 11.6 Å². The normalized spacial score (nSPS) is 12.2. The minimum Gasteiger partial charge on any atom is -0.496 e. The van der Waals surface area contributed by atoms with E-state index in [2.05, 4.69) is 31.2 Å². The molecule has 0 spiro atoms. The lowest BCUT2D eigenvalue weighted by molar-refractivity contribution is 0.416. The first-order valence-electron chi connectivity index (χ1n) is 6.79. The van der Waals surface area contributed by atoms with Crippen molar-refractivity contribution in [3.63, 3.8) is 0 Å². The summed E-state index contributed by atoms with van der Waals surface area (Å²) in [6, 6.07) is 14.2. The highest BCUT2D eigenvalue weighted by molar-refractivity contribution is 6.31. The van der Waals surface area contributed by atoms with E-state index in [1.807, 2.05) is 18.2 Å². The minimum absolute atomic E-state index is 0.482. The van der Waals surface area contributed by atoms with Crippen LogP contribution in [-0.2, 0) is 0 Å². The van der Waals surface area contributed by atoms with Gasteiger partial charge in [0.15, 0.2) is 0 Å². The number of nitrogens with two attached hydrogens (primary N) is 1. The summed E-state index contributed by atoms with van der Waals surface area (Å²) in [7, 11) is 1.67. The zero-order chi connectivity index (χ0) is 14.5. The molecule has 0 aromatic heterocycles. The van der Waals surface area contributed by atoms with Crippen LogP contribution in [0, 0.1) is 0 Å². The molecule has 0 amide bonds. The Bertz CT molecular complexity index is 566. The predicted octanol–water partition coefficient (Wildman–Crippen LogP) is 4.47. The average Bonchev–Trinajstić information content (AvgIpc) is 2.47. The third kappa shape index (κ3) is 3.33. The third-order valence-electron chi connectivity index (χ3n) is 3.55. The fourth-order valence-electron chi connectivity index (χ4n) is 2.31. The van der Waals surface area contributed by atoms with E-state index in [1.165, 1.54) is 5.56 Å². The van der Waals surface area contributed by atoms with Crippen molar-refractivity contribution in [3.05, 3.63) is 53.1 Å². The van der Waals surface area contributed by atoms with Gasteiger partial charge in [0.1, 0.15) is 5.75 Å². The van der Waals surface area contributed by atoms with Gasteiger partial charge in [-0.2, -0.15) is 0 Å². The summed E-state index contributed by atoms with van der Waals surface area (Å²) < 4.78 is 5.40. The molecule has 106 valence electrons. The maximum atomic E-state index is 6.08. The number of hydrogen-bond acceptors (Lipinski definition) is 2. The molecule has 2 aromatic carbocycles. The Hall–Kier alpha value is -1.51. The maximum absolute atomic E-state index is 6.08. The summed E-state index contributed by atoms with van der Waals surface area (Å²) in [5.41, 5.74) is 9.03. The molecule has 0 heterocycles. The molecule has 1 unspecified atom stereocenters. The van der Waals surface area contributed by atoms with Gasteiger partial charge >= 0.3 is 0 Å². The number of halogens is 1. The molecule has 2 nitrogen and oxygen atoms in total. The Labute approximate surface area is 125 Å². The van der Waals surface area contributed by atoms with Crippen LogP contribution in [0.3, 0.4) is 0 Å². The van der Waals surface area contributed by atoms with Gasteiger partial charge in [0, 0.05) is 10.6 Å². The molecule has 0 bridgehead atoms. The first-order valence-corrected chi connectivity index (χ1v) is 7.17. The Balaban J connectivity index is 2.32. The Morgan fingerprint density at radius 1 is 1.15 bits per heavy atom. The van der Waals surface area contributed by atoms with Crippen molar-refractivity contribution in [2.75, 3.05) is 13.7 Å². The molecule has 0 aliphatic carbocycles. The van der Waals surface area contributed by atoms with Crippen LogP contribution < -0.4 is 10.5 Å². The topological polar surface area (TPSA) is 35.2 Å². The second kappa shape index (κ2) is 6.78. The zero-order valence-electron chi connectivity index (χ0n) is 11.9. The molecular weight excluding hydrogens is 270 g/mol. The van der Waals surface area contributed by atoms with Crippen molar-refractivity contribution < 1.29 is 4.74 Å². The summed E-state index contributed by atoms with van der Waals surface area (Å²) in [5.74, 6) is 1.31. The average molecular weight is 290 g/mol. The largest absolute Gasteiger partial charge is 0.496 e. The highest BCUT2D eigenvalue weighted by atomic mass is 35.5. The zero-order valence-corrected chi connectivity index (χ0v) is 12.7. The molecule has 0 aliphatic rings. The first kappa shape index (κ1) is 14.9. The predicted molar refractivity (Wildman–Crippen MR) is 85.5 cm³/mol. The third-order valence-corrected chi connectivity index (χ3v) is 3.79. The minimum atomic E-state index is 0.482. The molecule has 0 saturated heterocycles. The van der Waals surface area contributed by atoms with E-state index in [4.69, 9.17) is 22.1 Å². The van der Waals surface area contributed by atoms with Crippen molar-refractivity contribution in [1.82, 2.24) is 0 Å². The molecule has 0 fully saturated rings. The van der Waals surface area contributed by atoms with Gasteiger partial charge in [-0.3, -0.25) is 0 Å². The molecule has 0 aliphatic heterocycles. The Morgan fingerprint density at radius 2 is 1.85 bits per heavy atom. The quantitative estimate of drug-likeness (QED) is 0.881. The van der Waals surface area contributed by atoms with Crippen molar-refractivity contribution in [2.45, 2.75) is 19.3 Å². The van der Waals surface area contributed by atoms with E-state index < -0.39 is 0 Å². The maximum Gasteiger partial charge on any atom is 0.126 e. The number of ether oxygens (including phenoxy) is 1. The van der Waals surface area contributed by atoms with E-state index in [-0.39, 0.29) is 0 Å². The number of benzene rings is 2. The van der Waals surface area contributed by atoms with Crippen LogP contribution in [0.25, 0.3) is 11.1 Å². The summed E-state index contributed by atoms with van der Waals surface area (Å²) >= 11 is 6.08. The molecule has 2 aromatic rings. The number of methoxy groups -OCH3 is 1. The van der Waals surface area contributed by atoms with Crippen molar-refractivity contribution in [2.24, 2.45) is 5.73 Å². The smallest absolute Gasteiger partial charge is 0.126 e. The van der Waals surface area contributed by atoms with Crippen molar-refractivity contribution in [3.8, 4) is 16.9 Å². The van der Waals surface area contributed by atoms with E-state index in [0.717, 1.165) is 23.3 Å². The Morgan fingerprint density at radius 3 is 2.45 bits per heavy atom. The lowest BCUT2D eigenvalue weighted by atomic mass is 9.95. The van der Waals surface area contributed by atoms with E-state index in [1.54, 1.807) is 7.11 Å². The second-order valence-corrected chi connectivity index (χ2v) is 5.38. The van der Waals surface area contributed by atoms with Gasteiger partial charge in [-0.1, -0.05) is 42.8 Å². The standard InChI is InChI=1S/C17H20ClNO/c1-12(9-10-19)13-3-5-14(6-4-13)16-11-15(18)7-8-17(16)20-2/h3-8,11-12H,9-10,19H2,1-2H3. The van der Waals surface area contributed by atoms with Gasteiger partial charge < -0.3 is 10.5 Å². The van der Waals surface area contributed by atoms with Crippen LogP contribution in [0.5, 0.6) is 5.75 Å². The number of hydrogen-bond donors (Lipinski definition) is 1. The lowest BCUT2D eigenvalue weighted by Crippen LogP contribution is -2.04. The molecule has 2 rings (SSSR count). The van der Waals surface area contributed by atoms with E-state index in [0.29, 0.717) is 17.5 Å². The van der Waals surface area contributed by atoms with Gasteiger partial charge in [0.25, 0.3) is 0 Å². The monoisotopic (exact) mass is 289 g/mol. The van der Waals surface area contributed by atoms with Crippen LogP contribution in [0.4, 0.5) is 0 Å². The highest BCUT2D eigenvalue weighted by Crippen LogP contribution is 2.33. The van der Waals surface area contributed by atoms with Gasteiger partial charge in [0.2, 0.25) is 0 Å². The van der Waals surface area contributed by atoms with E-state index >= 15 is 0 Å². The second-order valence-electron chi connectivity index (χ2n) is 4.95. The van der Waals surface area contributed by atoms with Crippen LogP contribution in [0.1, 0.15) is 24.8 Å². The lowest BCUT2D eigenvalue weighted by Gasteiger charge is -2.13. The summed E-state index contributed by atoms with van der Waals surface area (Å²) in [6.45, 7) is 2.91. The summed E-state index contributed by atoms with van der Waals surface area (Å²) in [6.07, 6.45) is 1.000. The fourth-order valence-corrected chi connectivity index (χ4v) is 2.49. The Kier molecular flexibility index (Phi) is 5.05. The highest BCUT2D eigenvalue weighted by Gasteiger charge is 2.08. The van der Waals surface area contributed by atoms with Crippen LogP contribution in [-0.4, -0.2) is 13.7 Å². The van der Waals surface area contributed by atoms with Crippen molar-refractivity contribution in [1.29, 1.82) is 0 Å². The van der Waals surface area contributed by atoms with Crippen LogP contribution in [0.15, 0.2) is 42.5 Å². The molecular formula is C17H20ClNO. The molecule has 2 N–H and O–H groups in total. The molecule has 1 atom stereocenters. The van der Waals surface area contributed by atoms with Gasteiger partial charge in [-0.05, 0) is 48.2 Å². The SMILES string of the molecule is COc1ccc(Cl)cc1-c1ccc(C(C)CCN)cc1. The molecule has 3 heteroatoms. The fraction of sp³-hybridized carbons (Fsp3) is 0.294. The molecule has 0 saturated carbocycles. The van der Waals surface area contributed by atoms with Crippen molar-refractivity contribution >= 4 is 11.6 Å². The molecule has 0 radical (unpaired) electrons. The van der Waals surface area contributed by atoms with Gasteiger partial charge in [-0.25, -0.2) is 0 Å². The van der Waals surface area contributed by atoms with E-state index in [9.17, 15) is 0 Å². The summed E-state index contributed by atoms with van der Waals surface area (Å²) in [4.78, 5) is 0.